The zero-order valence-electron chi connectivity index (χ0n) is 12.1. The number of amides is 1. The lowest BCUT2D eigenvalue weighted by atomic mass is 10.3. The Morgan fingerprint density at radius 3 is 2.53 bits per heavy atom. The van der Waals surface area contributed by atoms with Crippen LogP contribution in [0.3, 0.4) is 0 Å². The van der Waals surface area contributed by atoms with Gasteiger partial charge in [-0.3, -0.25) is 4.79 Å². The molecule has 0 radical (unpaired) electrons. The first kappa shape index (κ1) is 15.4. The van der Waals surface area contributed by atoms with Crippen LogP contribution in [-0.2, 0) is 0 Å². The van der Waals surface area contributed by atoms with E-state index in [1.54, 1.807) is 12.4 Å². The molecule has 0 aliphatic heterocycles. The molecule has 0 fully saturated rings. The molecule has 0 aliphatic carbocycles. The molecule has 1 heterocycles. The lowest BCUT2D eigenvalue weighted by Gasteiger charge is -2.17. The maximum absolute atomic E-state index is 11.7. The van der Waals surface area contributed by atoms with E-state index in [1.165, 1.54) is 0 Å². The van der Waals surface area contributed by atoms with Crippen LogP contribution in [0, 0.1) is 0 Å². The second-order valence-electron chi connectivity index (χ2n) is 4.64. The first-order valence-corrected chi connectivity index (χ1v) is 7.00. The molecule has 1 amide bonds. The first-order chi connectivity index (χ1) is 9.19. The van der Waals surface area contributed by atoms with E-state index in [4.69, 9.17) is 0 Å². The Bertz CT molecular complexity index is 378. The van der Waals surface area contributed by atoms with E-state index < -0.39 is 0 Å². The van der Waals surface area contributed by atoms with Crippen molar-refractivity contribution in [3.63, 3.8) is 0 Å². The summed E-state index contributed by atoms with van der Waals surface area (Å²) in [6.45, 7) is 5.89. The number of hydrogen-bond donors (Lipinski definition) is 1. The first-order valence-electron chi connectivity index (χ1n) is 7.00. The Balaban J connectivity index is 2.53. The number of nitrogens with zero attached hydrogens (tertiary/aromatic N) is 3. The Hall–Kier alpha value is -1.65. The third-order valence-corrected chi connectivity index (χ3v) is 2.92. The van der Waals surface area contributed by atoms with Crippen molar-refractivity contribution in [2.75, 3.05) is 25.0 Å². The van der Waals surface area contributed by atoms with Gasteiger partial charge in [-0.2, -0.15) is 0 Å². The number of carbonyl (C=O) groups excluding carboxylic acids is 1. The monoisotopic (exact) mass is 264 g/mol. The van der Waals surface area contributed by atoms with Crippen molar-refractivity contribution in [3.8, 4) is 0 Å². The summed E-state index contributed by atoms with van der Waals surface area (Å²) in [5, 5.41) is 2.83. The predicted octanol–water partition coefficient (Wildman–Crippen LogP) is 2.24. The van der Waals surface area contributed by atoms with Crippen molar-refractivity contribution in [3.05, 3.63) is 18.1 Å². The summed E-state index contributed by atoms with van der Waals surface area (Å²) in [5.74, 6) is 0.655. The summed E-state index contributed by atoms with van der Waals surface area (Å²) in [5.41, 5.74) is 0.378. The van der Waals surface area contributed by atoms with Gasteiger partial charge in [-0.25, -0.2) is 9.97 Å². The highest BCUT2D eigenvalue weighted by Gasteiger charge is 2.08. The van der Waals surface area contributed by atoms with Gasteiger partial charge in [0.1, 0.15) is 11.5 Å². The normalized spacial score (nSPS) is 10.3. The molecule has 1 aromatic heterocycles. The summed E-state index contributed by atoms with van der Waals surface area (Å²) >= 11 is 0. The van der Waals surface area contributed by atoms with Crippen molar-refractivity contribution in [1.29, 1.82) is 0 Å². The third kappa shape index (κ3) is 5.24. The number of unbranched alkanes of at least 4 members (excludes halogenated alkanes) is 2. The lowest BCUT2D eigenvalue weighted by Crippen LogP contribution is -2.26. The van der Waals surface area contributed by atoms with E-state index in [0.29, 0.717) is 12.2 Å². The van der Waals surface area contributed by atoms with Crippen molar-refractivity contribution < 1.29 is 4.79 Å². The van der Waals surface area contributed by atoms with Crippen LogP contribution < -0.4 is 10.2 Å². The molecule has 5 heteroatoms. The fourth-order valence-corrected chi connectivity index (χ4v) is 1.61. The van der Waals surface area contributed by atoms with E-state index in [1.807, 2.05) is 7.05 Å². The second-order valence-corrected chi connectivity index (χ2v) is 4.64. The molecule has 0 unspecified atom stereocenters. The molecule has 0 saturated carbocycles. The van der Waals surface area contributed by atoms with Gasteiger partial charge >= 0.3 is 0 Å². The molecule has 5 nitrogen and oxygen atoms in total. The molecule has 0 atom stereocenters. The minimum Gasteiger partial charge on any atom is -0.358 e. The van der Waals surface area contributed by atoms with Crippen LogP contribution in [0.25, 0.3) is 0 Å². The zero-order valence-corrected chi connectivity index (χ0v) is 12.1. The van der Waals surface area contributed by atoms with Crippen molar-refractivity contribution in [2.24, 2.45) is 0 Å². The van der Waals surface area contributed by atoms with Crippen molar-refractivity contribution in [2.45, 2.75) is 39.5 Å². The SMILES string of the molecule is CCCCNC(=O)c1cnc(N(C)CCCC)cn1. The highest BCUT2D eigenvalue weighted by molar-refractivity contribution is 5.91. The van der Waals surface area contributed by atoms with Gasteiger partial charge in [0, 0.05) is 20.1 Å². The lowest BCUT2D eigenvalue weighted by molar-refractivity contribution is 0.0948. The van der Waals surface area contributed by atoms with E-state index >= 15 is 0 Å². The Morgan fingerprint density at radius 1 is 1.21 bits per heavy atom. The van der Waals surface area contributed by atoms with Gasteiger partial charge in [0.25, 0.3) is 5.91 Å². The average Bonchev–Trinajstić information content (AvgIpc) is 2.45. The summed E-state index contributed by atoms with van der Waals surface area (Å²) < 4.78 is 0. The number of anilines is 1. The smallest absolute Gasteiger partial charge is 0.271 e. The van der Waals surface area contributed by atoms with E-state index in [2.05, 4.69) is 34.0 Å². The van der Waals surface area contributed by atoms with Crippen molar-refractivity contribution >= 4 is 11.7 Å². The second kappa shape index (κ2) is 8.45. The minimum atomic E-state index is -0.149. The molecule has 0 aromatic carbocycles. The maximum atomic E-state index is 11.7. The standard InChI is InChI=1S/C14H24N4O/c1-4-6-8-15-14(19)12-10-17-13(11-16-12)18(3)9-7-5-2/h10-11H,4-9H2,1-3H3,(H,15,19). The van der Waals surface area contributed by atoms with Crippen LogP contribution in [0.5, 0.6) is 0 Å². The van der Waals surface area contributed by atoms with Gasteiger partial charge in [-0.1, -0.05) is 26.7 Å². The molecule has 106 valence electrons. The molecule has 0 bridgehead atoms. The van der Waals surface area contributed by atoms with Crippen LogP contribution in [0.2, 0.25) is 0 Å². The summed E-state index contributed by atoms with van der Waals surface area (Å²) in [6.07, 6.45) is 7.51. The Kier molecular flexibility index (Phi) is 6.85. The Labute approximate surface area is 115 Å². The number of carbonyl (C=O) groups is 1. The van der Waals surface area contributed by atoms with Gasteiger partial charge in [0.2, 0.25) is 0 Å². The summed E-state index contributed by atoms with van der Waals surface area (Å²) in [4.78, 5) is 22.3. The Morgan fingerprint density at radius 2 is 1.95 bits per heavy atom. The minimum absolute atomic E-state index is 0.149. The molecule has 19 heavy (non-hydrogen) atoms. The average molecular weight is 264 g/mol. The predicted molar refractivity (Wildman–Crippen MR) is 77.5 cm³/mol. The van der Waals surface area contributed by atoms with Crippen LogP contribution in [0.4, 0.5) is 5.82 Å². The largest absolute Gasteiger partial charge is 0.358 e. The number of nitrogens with one attached hydrogen (secondary N) is 1. The van der Waals surface area contributed by atoms with Crippen LogP contribution in [0.1, 0.15) is 50.0 Å². The highest BCUT2D eigenvalue weighted by Crippen LogP contribution is 2.07. The molecule has 0 aliphatic rings. The molecule has 1 N–H and O–H groups in total. The highest BCUT2D eigenvalue weighted by atomic mass is 16.1. The van der Waals surface area contributed by atoms with Gasteiger partial charge in [-0.15, -0.1) is 0 Å². The van der Waals surface area contributed by atoms with Gasteiger partial charge in [0.15, 0.2) is 0 Å². The van der Waals surface area contributed by atoms with Crippen molar-refractivity contribution in [1.82, 2.24) is 15.3 Å². The quantitative estimate of drug-likeness (QED) is 0.732. The molecular formula is C14H24N4O. The fraction of sp³-hybridized carbons (Fsp3) is 0.643. The molecule has 1 rings (SSSR count). The molecule has 0 spiro atoms. The number of rotatable bonds is 8. The number of hydrogen-bond acceptors (Lipinski definition) is 4. The van der Waals surface area contributed by atoms with Gasteiger partial charge in [-0.05, 0) is 12.8 Å². The van der Waals surface area contributed by atoms with Crippen LogP contribution in [0.15, 0.2) is 12.4 Å². The zero-order chi connectivity index (χ0) is 14.1. The molecule has 1 aromatic rings. The molecular weight excluding hydrogens is 240 g/mol. The molecule has 0 saturated heterocycles. The topological polar surface area (TPSA) is 58.1 Å². The van der Waals surface area contributed by atoms with Gasteiger partial charge in [0.05, 0.1) is 12.4 Å². The maximum Gasteiger partial charge on any atom is 0.271 e. The summed E-state index contributed by atoms with van der Waals surface area (Å²) in [6, 6.07) is 0. The summed E-state index contributed by atoms with van der Waals surface area (Å²) in [7, 11) is 1.99. The van der Waals surface area contributed by atoms with E-state index in [0.717, 1.165) is 38.0 Å². The third-order valence-electron chi connectivity index (χ3n) is 2.92. The van der Waals surface area contributed by atoms with E-state index in [-0.39, 0.29) is 5.91 Å². The van der Waals surface area contributed by atoms with E-state index in [9.17, 15) is 4.79 Å². The van der Waals surface area contributed by atoms with Crippen LogP contribution >= 0.6 is 0 Å². The fourth-order valence-electron chi connectivity index (χ4n) is 1.61. The van der Waals surface area contributed by atoms with Gasteiger partial charge < -0.3 is 10.2 Å². The number of aromatic nitrogens is 2. The van der Waals surface area contributed by atoms with Crippen LogP contribution in [-0.4, -0.2) is 36.0 Å².